The van der Waals surface area contributed by atoms with Gasteiger partial charge in [-0.15, -0.1) is 0 Å². The Balaban J connectivity index is 1.79. The van der Waals surface area contributed by atoms with E-state index in [1.54, 1.807) is 13.8 Å². The topological polar surface area (TPSA) is 87.7 Å². The molecule has 3 amide bonds. The molecule has 4 rings (SSSR count). The number of amides is 3. The third-order valence-electron chi connectivity index (χ3n) is 5.60. The molecule has 7 nitrogen and oxygen atoms in total. The van der Waals surface area contributed by atoms with Gasteiger partial charge in [0.1, 0.15) is 11.6 Å². The minimum absolute atomic E-state index is 0.159. The summed E-state index contributed by atoms with van der Waals surface area (Å²) < 4.78 is 5.53. The van der Waals surface area contributed by atoms with Gasteiger partial charge in [0.25, 0.3) is 5.91 Å². The summed E-state index contributed by atoms with van der Waals surface area (Å²) in [6, 6.07) is 18.2. The van der Waals surface area contributed by atoms with Gasteiger partial charge in [-0.1, -0.05) is 60.7 Å². The molecule has 1 spiro atoms. The summed E-state index contributed by atoms with van der Waals surface area (Å²) in [6.07, 6.45) is -0.124. The fourth-order valence-corrected chi connectivity index (χ4v) is 4.36. The van der Waals surface area contributed by atoms with Crippen molar-refractivity contribution < 1.29 is 19.1 Å². The van der Waals surface area contributed by atoms with Crippen LogP contribution in [0.15, 0.2) is 60.7 Å². The fraction of sp³-hybridized carbons (Fsp3) is 0.348. The van der Waals surface area contributed by atoms with Gasteiger partial charge in [0, 0.05) is 13.0 Å². The summed E-state index contributed by atoms with van der Waals surface area (Å²) in [5.74, 6) is -0.801. The van der Waals surface area contributed by atoms with Gasteiger partial charge in [-0.3, -0.25) is 19.8 Å². The number of carbonyl (C=O) groups excluding carboxylic acids is 3. The Labute approximate surface area is 175 Å². The second-order valence-electron chi connectivity index (χ2n) is 8.09. The summed E-state index contributed by atoms with van der Waals surface area (Å²) in [4.78, 5) is 39.6. The summed E-state index contributed by atoms with van der Waals surface area (Å²) in [7, 11) is 0. The normalized spacial score (nSPS) is 23.8. The van der Waals surface area contributed by atoms with E-state index in [1.165, 1.54) is 0 Å². The highest BCUT2D eigenvalue weighted by Gasteiger charge is 2.58. The average molecular weight is 407 g/mol. The number of benzene rings is 2. The van der Waals surface area contributed by atoms with Crippen molar-refractivity contribution in [2.75, 3.05) is 6.54 Å². The summed E-state index contributed by atoms with van der Waals surface area (Å²) in [5.41, 5.74) is 0.834. The van der Waals surface area contributed by atoms with E-state index in [0.717, 1.165) is 11.1 Å². The van der Waals surface area contributed by atoms with Crippen molar-refractivity contribution in [2.45, 2.75) is 44.0 Å². The van der Waals surface area contributed by atoms with Gasteiger partial charge in [-0.2, -0.15) is 0 Å². The molecule has 7 heteroatoms. The first kappa shape index (κ1) is 20.1. The molecule has 2 aromatic carbocycles. The van der Waals surface area contributed by atoms with Gasteiger partial charge in [0.2, 0.25) is 0 Å². The minimum atomic E-state index is -1.15. The maximum atomic E-state index is 13.1. The summed E-state index contributed by atoms with van der Waals surface area (Å²) >= 11 is 0. The molecule has 2 fully saturated rings. The Hall–Kier alpha value is -3.19. The van der Waals surface area contributed by atoms with E-state index in [9.17, 15) is 14.4 Å². The Kier molecular flexibility index (Phi) is 5.30. The first-order valence-electron chi connectivity index (χ1n) is 10.1. The van der Waals surface area contributed by atoms with Crippen LogP contribution in [0.3, 0.4) is 0 Å². The molecule has 0 bridgehead atoms. The van der Waals surface area contributed by atoms with Crippen LogP contribution in [-0.4, -0.2) is 47.0 Å². The molecule has 0 aliphatic carbocycles. The SMILES string of the molecule is CC(C)OC(=O)[C@@H]1C[C@]2(CN1C(c1ccccc1)c1ccccc1)NC(=O)NC2=O. The number of urea groups is 1. The van der Waals surface area contributed by atoms with Crippen molar-refractivity contribution in [1.29, 1.82) is 0 Å². The third-order valence-corrected chi connectivity index (χ3v) is 5.60. The zero-order chi connectivity index (χ0) is 21.3. The van der Waals surface area contributed by atoms with Crippen LogP contribution in [0.4, 0.5) is 4.79 Å². The molecule has 2 aromatic rings. The lowest BCUT2D eigenvalue weighted by atomic mass is 9.96. The van der Waals surface area contributed by atoms with Crippen LogP contribution in [0.2, 0.25) is 0 Å². The zero-order valence-corrected chi connectivity index (χ0v) is 17.0. The maximum absolute atomic E-state index is 13.1. The van der Waals surface area contributed by atoms with Crippen molar-refractivity contribution in [3.8, 4) is 0 Å². The van der Waals surface area contributed by atoms with Crippen molar-refractivity contribution in [1.82, 2.24) is 15.5 Å². The lowest BCUT2D eigenvalue weighted by molar-refractivity contribution is -0.153. The third kappa shape index (κ3) is 3.68. The van der Waals surface area contributed by atoms with Crippen molar-refractivity contribution in [2.24, 2.45) is 0 Å². The van der Waals surface area contributed by atoms with E-state index in [-0.39, 0.29) is 25.1 Å². The molecular weight excluding hydrogens is 382 g/mol. The van der Waals surface area contributed by atoms with E-state index in [0.29, 0.717) is 0 Å². The van der Waals surface area contributed by atoms with E-state index < -0.39 is 29.5 Å². The first-order chi connectivity index (χ1) is 14.4. The highest BCUT2D eigenvalue weighted by molar-refractivity contribution is 6.08. The van der Waals surface area contributed by atoms with E-state index in [1.807, 2.05) is 65.6 Å². The molecular formula is C23H25N3O4. The molecule has 0 unspecified atom stereocenters. The number of rotatable bonds is 5. The molecule has 2 saturated heterocycles. The molecule has 0 radical (unpaired) electrons. The Morgan fingerprint density at radius 1 is 1.03 bits per heavy atom. The molecule has 0 aromatic heterocycles. The zero-order valence-electron chi connectivity index (χ0n) is 17.0. The molecule has 0 saturated carbocycles. The number of hydrogen-bond acceptors (Lipinski definition) is 5. The Morgan fingerprint density at radius 3 is 2.07 bits per heavy atom. The molecule has 2 N–H and O–H groups in total. The lowest BCUT2D eigenvalue weighted by Gasteiger charge is -2.33. The van der Waals surface area contributed by atoms with E-state index in [2.05, 4.69) is 10.6 Å². The lowest BCUT2D eigenvalue weighted by Crippen LogP contribution is -2.49. The highest BCUT2D eigenvalue weighted by atomic mass is 16.5. The van der Waals surface area contributed by atoms with Crippen LogP contribution in [0.5, 0.6) is 0 Å². The number of imide groups is 1. The molecule has 2 aliphatic rings. The number of hydrogen-bond donors (Lipinski definition) is 2. The van der Waals surface area contributed by atoms with Crippen LogP contribution < -0.4 is 10.6 Å². The predicted molar refractivity (Wildman–Crippen MR) is 110 cm³/mol. The van der Waals surface area contributed by atoms with Crippen LogP contribution in [0.25, 0.3) is 0 Å². The maximum Gasteiger partial charge on any atom is 0.323 e. The molecule has 2 aliphatic heterocycles. The van der Waals surface area contributed by atoms with Gasteiger partial charge in [0.15, 0.2) is 0 Å². The number of esters is 1. The standard InChI is InChI=1S/C23H25N3O4/c1-15(2)30-20(27)18-13-23(21(28)24-22(29)25-23)14-26(18)19(16-9-5-3-6-10-16)17-11-7-4-8-12-17/h3-12,15,18-19H,13-14H2,1-2H3,(H2,24,25,28,29)/t18-,23+/m0/s1. The van der Waals surface area contributed by atoms with Gasteiger partial charge < -0.3 is 10.1 Å². The molecule has 2 atom stereocenters. The molecule has 30 heavy (non-hydrogen) atoms. The van der Waals surface area contributed by atoms with Crippen LogP contribution >= 0.6 is 0 Å². The Bertz CT molecular complexity index is 908. The fourth-order valence-electron chi connectivity index (χ4n) is 4.36. The molecule has 2 heterocycles. The minimum Gasteiger partial charge on any atom is -0.462 e. The Morgan fingerprint density at radius 2 is 1.60 bits per heavy atom. The number of likely N-dealkylation sites (tertiary alicyclic amines) is 1. The number of nitrogens with zero attached hydrogens (tertiary/aromatic N) is 1. The largest absolute Gasteiger partial charge is 0.462 e. The van der Waals surface area contributed by atoms with Gasteiger partial charge in [-0.05, 0) is 25.0 Å². The van der Waals surface area contributed by atoms with Crippen LogP contribution in [0, 0.1) is 0 Å². The highest BCUT2D eigenvalue weighted by Crippen LogP contribution is 2.40. The molecule has 156 valence electrons. The quantitative estimate of drug-likeness (QED) is 0.587. The van der Waals surface area contributed by atoms with Gasteiger partial charge in [-0.25, -0.2) is 4.79 Å². The van der Waals surface area contributed by atoms with E-state index in [4.69, 9.17) is 4.74 Å². The first-order valence-corrected chi connectivity index (χ1v) is 10.1. The van der Waals surface area contributed by atoms with Crippen molar-refractivity contribution in [3.05, 3.63) is 71.8 Å². The summed E-state index contributed by atoms with van der Waals surface area (Å²) in [5, 5.41) is 5.08. The van der Waals surface area contributed by atoms with E-state index >= 15 is 0 Å². The smallest absolute Gasteiger partial charge is 0.323 e. The van der Waals surface area contributed by atoms with Gasteiger partial charge in [0.05, 0.1) is 12.1 Å². The second kappa shape index (κ2) is 7.91. The average Bonchev–Trinajstić information content (AvgIpc) is 3.22. The van der Waals surface area contributed by atoms with Crippen LogP contribution in [0.1, 0.15) is 37.4 Å². The second-order valence-corrected chi connectivity index (χ2v) is 8.09. The number of nitrogens with one attached hydrogen (secondary N) is 2. The van der Waals surface area contributed by atoms with Gasteiger partial charge >= 0.3 is 12.0 Å². The number of carbonyl (C=O) groups is 3. The van der Waals surface area contributed by atoms with Crippen LogP contribution in [-0.2, 0) is 14.3 Å². The van der Waals surface area contributed by atoms with Crippen molar-refractivity contribution >= 4 is 17.9 Å². The van der Waals surface area contributed by atoms with Crippen molar-refractivity contribution in [3.63, 3.8) is 0 Å². The summed E-state index contributed by atoms with van der Waals surface area (Å²) in [6.45, 7) is 3.79. The monoisotopic (exact) mass is 407 g/mol. The number of ether oxygens (including phenoxy) is 1. The predicted octanol–water partition coefficient (Wildman–Crippen LogP) is 2.38.